The number of hydrogen-bond donors (Lipinski definition) is 1. The van der Waals surface area contributed by atoms with Crippen molar-refractivity contribution in [2.75, 3.05) is 10.2 Å². The molecule has 0 fully saturated rings. The van der Waals surface area contributed by atoms with Crippen LogP contribution in [0.25, 0.3) is 0 Å². The second-order valence-electron chi connectivity index (χ2n) is 9.13. The van der Waals surface area contributed by atoms with E-state index in [4.69, 9.17) is 23.2 Å². The first-order valence-corrected chi connectivity index (χ1v) is 12.3. The second-order valence-corrected chi connectivity index (χ2v) is 10.0. The summed E-state index contributed by atoms with van der Waals surface area (Å²) < 4.78 is 1.65. The van der Waals surface area contributed by atoms with Crippen molar-refractivity contribution in [2.24, 2.45) is 0 Å². The van der Waals surface area contributed by atoms with Crippen molar-refractivity contribution in [1.29, 1.82) is 0 Å². The molecule has 3 aromatic carbocycles. The molecular formula is C27H21Cl2N5O2. The largest absolute Gasteiger partial charge is 0.309 e. The predicted molar refractivity (Wildman–Crippen MR) is 138 cm³/mol. The maximum absolute atomic E-state index is 14.3. The highest BCUT2D eigenvalue weighted by molar-refractivity contribution is 6.31. The molecule has 2 aliphatic rings. The molecule has 0 saturated carbocycles. The van der Waals surface area contributed by atoms with Crippen molar-refractivity contribution in [2.45, 2.75) is 31.3 Å². The van der Waals surface area contributed by atoms with Crippen LogP contribution in [0.15, 0.2) is 72.8 Å². The monoisotopic (exact) mass is 517 g/mol. The van der Waals surface area contributed by atoms with E-state index < -0.39 is 5.41 Å². The highest BCUT2D eigenvalue weighted by Gasteiger charge is 2.58. The van der Waals surface area contributed by atoms with Gasteiger partial charge in [0.25, 0.3) is 0 Å². The van der Waals surface area contributed by atoms with Gasteiger partial charge >= 0.3 is 0 Å². The van der Waals surface area contributed by atoms with E-state index >= 15 is 0 Å². The molecule has 9 heteroatoms. The van der Waals surface area contributed by atoms with E-state index in [0.29, 0.717) is 39.4 Å². The third kappa shape index (κ3) is 3.42. The summed E-state index contributed by atoms with van der Waals surface area (Å²) in [5.41, 5.74) is 2.40. The average Bonchev–Trinajstić information content (AvgIpc) is 3.39. The fourth-order valence-electron chi connectivity index (χ4n) is 5.21. The van der Waals surface area contributed by atoms with E-state index in [9.17, 15) is 9.59 Å². The van der Waals surface area contributed by atoms with E-state index in [2.05, 4.69) is 15.6 Å². The molecule has 1 unspecified atom stereocenters. The Bertz CT molecular complexity index is 1500. The molecule has 7 nitrogen and oxygen atoms in total. The molecule has 4 aromatic rings. The van der Waals surface area contributed by atoms with Crippen molar-refractivity contribution < 1.29 is 9.59 Å². The smallest absolute Gasteiger partial charge is 0.244 e. The molecule has 1 spiro atoms. The Labute approximate surface area is 217 Å². The molecule has 1 aromatic heterocycles. The van der Waals surface area contributed by atoms with Crippen molar-refractivity contribution >= 4 is 46.5 Å². The number of halogens is 2. The number of nitrogens with one attached hydrogen (secondary N) is 1. The van der Waals surface area contributed by atoms with Gasteiger partial charge in [-0.15, -0.1) is 5.10 Å². The minimum absolute atomic E-state index is 0.0779. The number of rotatable bonds is 4. The molecule has 0 bridgehead atoms. The van der Waals surface area contributed by atoms with Crippen LogP contribution >= 0.6 is 23.2 Å². The van der Waals surface area contributed by atoms with Gasteiger partial charge < -0.3 is 10.2 Å². The third-order valence-corrected chi connectivity index (χ3v) is 7.49. The molecule has 1 N–H and O–H groups in total. The van der Waals surface area contributed by atoms with Crippen LogP contribution in [-0.4, -0.2) is 26.8 Å². The lowest BCUT2D eigenvalue weighted by molar-refractivity contribution is -0.126. The molecular weight excluding hydrogens is 497 g/mol. The van der Waals surface area contributed by atoms with Gasteiger partial charge in [-0.05, 0) is 53.9 Å². The van der Waals surface area contributed by atoms with Crippen LogP contribution in [0.1, 0.15) is 41.8 Å². The van der Waals surface area contributed by atoms with Crippen molar-refractivity contribution in [1.82, 2.24) is 15.0 Å². The van der Waals surface area contributed by atoms with Gasteiger partial charge in [0.05, 0.1) is 19.0 Å². The summed E-state index contributed by atoms with van der Waals surface area (Å²) in [4.78, 5) is 29.1. The van der Waals surface area contributed by atoms with Gasteiger partial charge in [0.1, 0.15) is 11.1 Å². The van der Waals surface area contributed by atoms with Gasteiger partial charge in [-0.2, -0.15) is 0 Å². The van der Waals surface area contributed by atoms with E-state index in [1.807, 2.05) is 55.5 Å². The Morgan fingerprint density at radius 1 is 1.00 bits per heavy atom. The lowest BCUT2D eigenvalue weighted by Crippen LogP contribution is -2.47. The van der Waals surface area contributed by atoms with Crippen LogP contribution in [-0.2, 0) is 21.5 Å². The highest BCUT2D eigenvalue weighted by atomic mass is 35.5. The lowest BCUT2D eigenvalue weighted by Gasteiger charge is -2.31. The van der Waals surface area contributed by atoms with Crippen LogP contribution in [0.4, 0.5) is 11.5 Å². The summed E-state index contributed by atoms with van der Waals surface area (Å²) in [6.07, 6.45) is -0.0779. The first kappa shape index (κ1) is 22.8. The molecule has 6 rings (SSSR count). The summed E-state index contributed by atoms with van der Waals surface area (Å²) in [7, 11) is 0. The van der Waals surface area contributed by atoms with Gasteiger partial charge in [-0.25, -0.2) is 4.68 Å². The Kier molecular flexibility index (Phi) is 5.35. The van der Waals surface area contributed by atoms with E-state index in [-0.39, 0.29) is 24.3 Å². The maximum Gasteiger partial charge on any atom is 0.244 e. The number of carbonyl (C=O) groups excluding carboxylic acids is 2. The summed E-state index contributed by atoms with van der Waals surface area (Å²) in [6, 6.07) is 22.2. The van der Waals surface area contributed by atoms with E-state index in [1.54, 1.807) is 33.8 Å². The van der Waals surface area contributed by atoms with Crippen molar-refractivity contribution in [3.05, 3.63) is 105 Å². The standard InChI is InChI=1S/C27H21Cl2N5O2/c1-16(18-7-9-19(28)10-8-18)34-25-24(31-32-34)27(14-23(35)30-25)21-13-20(29)11-12-22(21)33(26(27)36)15-17-5-3-2-4-6-17/h2-13,16H,14-15H2,1H3,(H,30,35)/t16?,27-/m1/s1. The molecule has 180 valence electrons. The fourth-order valence-corrected chi connectivity index (χ4v) is 5.51. The molecule has 2 aliphatic heterocycles. The topological polar surface area (TPSA) is 80.1 Å². The summed E-state index contributed by atoms with van der Waals surface area (Å²) in [5.74, 6) is -0.0874. The third-order valence-electron chi connectivity index (χ3n) is 7.00. The number of hydrogen-bond acceptors (Lipinski definition) is 4. The average molecular weight is 518 g/mol. The number of nitrogens with zero attached hydrogens (tertiary/aromatic N) is 4. The van der Waals surface area contributed by atoms with Gasteiger partial charge in [0.15, 0.2) is 5.82 Å². The van der Waals surface area contributed by atoms with Gasteiger partial charge in [-0.1, -0.05) is 70.9 Å². The Balaban J connectivity index is 1.50. The number of aromatic nitrogens is 3. The maximum atomic E-state index is 14.3. The zero-order chi connectivity index (χ0) is 25.0. The van der Waals surface area contributed by atoms with Crippen LogP contribution in [0.2, 0.25) is 10.0 Å². The zero-order valence-corrected chi connectivity index (χ0v) is 20.8. The SMILES string of the molecule is CC(c1ccc(Cl)cc1)n1nnc2c1NC(=O)C[C@]21C(=O)N(Cc2ccccc2)c2ccc(Cl)cc21. The van der Waals surface area contributed by atoms with Gasteiger partial charge in [-0.3, -0.25) is 9.59 Å². The molecule has 36 heavy (non-hydrogen) atoms. The molecule has 0 radical (unpaired) electrons. The molecule has 3 heterocycles. The van der Waals surface area contributed by atoms with Crippen LogP contribution in [0, 0.1) is 0 Å². The Hall–Kier alpha value is -3.68. The highest BCUT2D eigenvalue weighted by Crippen LogP contribution is 2.52. The van der Waals surface area contributed by atoms with Gasteiger partial charge in [0, 0.05) is 15.7 Å². The number of amides is 2. The second kappa shape index (κ2) is 8.47. The normalized spacial score (nSPS) is 19.2. The predicted octanol–water partition coefficient (Wildman–Crippen LogP) is 5.37. The number of fused-ring (bicyclic) bond motifs is 4. The molecule has 2 amide bonds. The minimum Gasteiger partial charge on any atom is -0.309 e. The summed E-state index contributed by atoms with van der Waals surface area (Å²) in [5, 5.41) is 12.9. The van der Waals surface area contributed by atoms with Crippen LogP contribution in [0.5, 0.6) is 0 Å². The number of anilines is 2. The zero-order valence-electron chi connectivity index (χ0n) is 19.3. The van der Waals surface area contributed by atoms with Crippen molar-refractivity contribution in [3.8, 4) is 0 Å². The van der Waals surface area contributed by atoms with E-state index in [0.717, 1.165) is 11.1 Å². The minimum atomic E-state index is -1.31. The quantitative estimate of drug-likeness (QED) is 0.394. The van der Waals surface area contributed by atoms with Crippen molar-refractivity contribution in [3.63, 3.8) is 0 Å². The van der Waals surface area contributed by atoms with Gasteiger partial charge in [0.2, 0.25) is 11.8 Å². The summed E-state index contributed by atoms with van der Waals surface area (Å²) in [6.45, 7) is 2.32. The first-order chi connectivity index (χ1) is 17.4. The molecule has 0 aliphatic carbocycles. The number of benzene rings is 3. The fraction of sp³-hybridized carbons (Fsp3) is 0.185. The molecule has 2 atom stereocenters. The molecule has 0 saturated heterocycles. The Morgan fingerprint density at radius 2 is 1.72 bits per heavy atom. The first-order valence-electron chi connectivity index (χ1n) is 11.6. The Morgan fingerprint density at radius 3 is 2.47 bits per heavy atom. The lowest BCUT2D eigenvalue weighted by atomic mass is 9.73. The van der Waals surface area contributed by atoms with Crippen LogP contribution < -0.4 is 10.2 Å². The van der Waals surface area contributed by atoms with Crippen LogP contribution in [0.3, 0.4) is 0 Å². The number of carbonyl (C=O) groups is 2. The van der Waals surface area contributed by atoms with E-state index in [1.165, 1.54) is 0 Å². The summed E-state index contributed by atoms with van der Waals surface area (Å²) >= 11 is 12.5.